The Morgan fingerprint density at radius 3 is 2.00 bits per heavy atom. The molecule has 0 aliphatic carbocycles. The third-order valence-electron chi connectivity index (χ3n) is 0.861. The predicted molar refractivity (Wildman–Crippen MR) is 37.1 cm³/mol. The lowest BCUT2D eigenvalue weighted by molar-refractivity contribution is -0.119. The molecule has 0 aliphatic heterocycles. The van der Waals surface area contributed by atoms with Crippen LogP contribution in [-0.4, -0.2) is 17.1 Å². The Labute approximate surface area is 54.9 Å². The van der Waals surface area contributed by atoms with E-state index in [0.717, 1.165) is 0 Å². The summed E-state index contributed by atoms with van der Waals surface area (Å²) in [6, 6.07) is -0.373. The first-order chi connectivity index (χ1) is 3.55. The molecule has 0 amide bonds. The highest BCUT2D eigenvalue weighted by molar-refractivity contribution is 7.81. The van der Waals surface area contributed by atoms with Gasteiger partial charge in [0.2, 0.25) is 0 Å². The number of hydrogen-bond acceptors (Lipinski definition) is 3. The summed E-state index contributed by atoms with van der Waals surface area (Å²) in [5.74, 6) is -0.00617. The third kappa shape index (κ3) is 2.33. The van der Waals surface area contributed by atoms with Gasteiger partial charge in [0.05, 0.1) is 11.3 Å². The minimum absolute atomic E-state index is 0.00617. The normalized spacial score (nSPS) is 17.5. The van der Waals surface area contributed by atoms with Gasteiger partial charge in [-0.25, -0.2) is 0 Å². The predicted octanol–water partition coefficient (Wildman–Crippen LogP) is 0.221. The van der Waals surface area contributed by atoms with Crippen LogP contribution in [0.3, 0.4) is 0 Å². The van der Waals surface area contributed by atoms with E-state index in [-0.39, 0.29) is 17.1 Å². The highest BCUT2D eigenvalue weighted by Crippen LogP contribution is 1.95. The van der Waals surface area contributed by atoms with E-state index in [2.05, 4.69) is 12.6 Å². The molecule has 0 aliphatic rings. The molecule has 0 aromatic rings. The lowest BCUT2D eigenvalue weighted by Crippen LogP contribution is -2.31. The van der Waals surface area contributed by atoms with Gasteiger partial charge in [-0.3, -0.25) is 4.79 Å². The van der Waals surface area contributed by atoms with Crippen molar-refractivity contribution in [2.24, 2.45) is 5.73 Å². The number of carbonyl (C=O) groups excluding carboxylic acids is 1. The lowest BCUT2D eigenvalue weighted by atomic mass is 10.2. The van der Waals surface area contributed by atoms with Gasteiger partial charge in [-0.1, -0.05) is 0 Å². The van der Waals surface area contributed by atoms with Gasteiger partial charge in [0.15, 0.2) is 5.78 Å². The quantitative estimate of drug-likeness (QED) is 0.529. The Morgan fingerprint density at radius 1 is 1.62 bits per heavy atom. The highest BCUT2D eigenvalue weighted by atomic mass is 32.1. The monoisotopic (exact) mass is 133 g/mol. The van der Waals surface area contributed by atoms with E-state index in [4.69, 9.17) is 5.73 Å². The number of hydrogen-bond donors (Lipinski definition) is 2. The maximum atomic E-state index is 10.6. The first-order valence-corrected chi connectivity index (χ1v) is 3.04. The van der Waals surface area contributed by atoms with Crippen LogP contribution in [0.4, 0.5) is 0 Å². The van der Waals surface area contributed by atoms with E-state index in [0.29, 0.717) is 0 Å². The summed E-state index contributed by atoms with van der Waals surface area (Å²) < 4.78 is 0. The first kappa shape index (κ1) is 7.98. The molecule has 0 aromatic heterocycles. The smallest absolute Gasteiger partial charge is 0.161 e. The molecule has 2 N–H and O–H groups in total. The molecule has 0 saturated carbocycles. The second-order valence-corrected chi connectivity index (χ2v) is 2.64. The first-order valence-electron chi connectivity index (χ1n) is 2.53. The van der Waals surface area contributed by atoms with Gasteiger partial charge in [0.25, 0.3) is 0 Å². The van der Waals surface area contributed by atoms with Gasteiger partial charge >= 0.3 is 0 Å². The molecule has 0 heterocycles. The summed E-state index contributed by atoms with van der Waals surface area (Å²) in [5.41, 5.74) is 5.24. The van der Waals surface area contributed by atoms with Crippen molar-refractivity contribution in [3.8, 4) is 0 Å². The number of nitrogens with two attached hydrogens (primary N) is 1. The fourth-order valence-electron chi connectivity index (χ4n) is 0.380. The molecule has 3 heteroatoms. The number of rotatable bonds is 2. The van der Waals surface area contributed by atoms with E-state index in [1.807, 2.05) is 0 Å². The van der Waals surface area contributed by atoms with Crippen molar-refractivity contribution < 1.29 is 4.79 Å². The number of carbonyl (C=O) groups is 1. The van der Waals surface area contributed by atoms with Gasteiger partial charge in [0, 0.05) is 0 Å². The molecular formula is C5H11NOS. The van der Waals surface area contributed by atoms with Crippen LogP contribution in [0.5, 0.6) is 0 Å². The Hall–Kier alpha value is -0.0200. The standard InChI is InChI=1S/C5H11NOS/c1-3(6)5(7)4(2)8/h3-4,8H,6H2,1-2H3/t3-,4?/m0/s1. The molecule has 2 nitrogen and oxygen atoms in total. The fraction of sp³-hybridized carbons (Fsp3) is 0.800. The average Bonchev–Trinajstić information content (AvgIpc) is 1.64. The van der Waals surface area contributed by atoms with Crippen LogP contribution in [0.2, 0.25) is 0 Å². The second kappa shape index (κ2) is 3.10. The van der Waals surface area contributed by atoms with Crippen molar-refractivity contribution >= 4 is 18.4 Å². The molecule has 0 fully saturated rings. The van der Waals surface area contributed by atoms with E-state index in [1.165, 1.54) is 0 Å². The van der Waals surface area contributed by atoms with Crippen LogP contribution in [0.25, 0.3) is 0 Å². The molecule has 1 unspecified atom stereocenters. The minimum atomic E-state index is -0.373. The topological polar surface area (TPSA) is 43.1 Å². The summed E-state index contributed by atoms with van der Waals surface area (Å²) in [6.07, 6.45) is 0. The highest BCUT2D eigenvalue weighted by Gasteiger charge is 2.11. The Morgan fingerprint density at radius 2 is 2.00 bits per heavy atom. The largest absolute Gasteiger partial charge is 0.322 e. The summed E-state index contributed by atoms with van der Waals surface area (Å²) >= 11 is 3.90. The third-order valence-corrected chi connectivity index (χ3v) is 1.12. The summed E-state index contributed by atoms with van der Waals surface area (Å²) in [4.78, 5) is 10.6. The minimum Gasteiger partial charge on any atom is -0.322 e. The molecule has 0 saturated heterocycles. The van der Waals surface area contributed by atoms with Crippen LogP contribution >= 0.6 is 12.6 Å². The molecule has 8 heavy (non-hydrogen) atoms. The van der Waals surface area contributed by atoms with Crippen LogP contribution in [0.1, 0.15) is 13.8 Å². The van der Waals surface area contributed by atoms with E-state index < -0.39 is 0 Å². The Kier molecular flexibility index (Phi) is 3.09. The molecule has 48 valence electrons. The van der Waals surface area contributed by atoms with Gasteiger partial charge in [0.1, 0.15) is 0 Å². The SMILES string of the molecule is CC(S)C(=O)[C@H](C)N. The maximum absolute atomic E-state index is 10.6. The van der Waals surface area contributed by atoms with E-state index >= 15 is 0 Å². The van der Waals surface area contributed by atoms with Gasteiger partial charge < -0.3 is 5.73 Å². The zero-order valence-corrected chi connectivity index (χ0v) is 5.98. The van der Waals surface area contributed by atoms with Crippen LogP contribution in [-0.2, 0) is 4.79 Å². The molecule has 0 radical (unpaired) electrons. The maximum Gasteiger partial charge on any atom is 0.161 e. The van der Waals surface area contributed by atoms with Crippen LogP contribution in [0, 0.1) is 0 Å². The number of Topliss-reactive ketones (excluding diaryl/α,β-unsaturated/α-hetero) is 1. The Bertz CT molecular complexity index is 80.4. The molecular weight excluding hydrogens is 122 g/mol. The summed E-state index contributed by atoms with van der Waals surface area (Å²) in [6.45, 7) is 3.38. The Balaban J connectivity index is 3.65. The van der Waals surface area contributed by atoms with E-state index in [1.54, 1.807) is 13.8 Å². The number of ketones is 1. The molecule has 0 rings (SSSR count). The van der Waals surface area contributed by atoms with E-state index in [9.17, 15) is 4.79 Å². The molecule has 2 atom stereocenters. The van der Waals surface area contributed by atoms with Crippen molar-refractivity contribution in [1.82, 2.24) is 0 Å². The summed E-state index contributed by atoms with van der Waals surface area (Å²) in [5, 5.41) is -0.227. The van der Waals surface area contributed by atoms with Crippen LogP contribution in [0.15, 0.2) is 0 Å². The molecule has 0 aromatic carbocycles. The second-order valence-electron chi connectivity index (χ2n) is 1.87. The van der Waals surface area contributed by atoms with Crippen molar-refractivity contribution in [3.63, 3.8) is 0 Å². The lowest BCUT2D eigenvalue weighted by Gasteiger charge is -2.04. The molecule has 0 spiro atoms. The van der Waals surface area contributed by atoms with Gasteiger partial charge in [-0.2, -0.15) is 12.6 Å². The van der Waals surface area contributed by atoms with Crippen LogP contribution < -0.4 is 5.73 Å². The number of thiol groups is 1. The average molecular weight is 133 g/mol. The van der Waals surface area contributed by atoms with Crippen molar-refractivity contribution in [2.45, 2.75) is 25.1 Å². The summed E-state index contributed by atoms with van der Waals surface area (Å²) in [7, 11) is 0. The van der Waals surface area contributed by atoms with Gasteiger partial charge in [-0.05, 0) is 13.8 Å². The van der Waals surface area contributed by atoms with Crippen molar-refractivity contribution in [1.29, 1.82) is 0 Å². The van der Waals surface area contributed by atoms with Gasteiger partial charge in [-0.15, -0.1) is 0 Å². The zero-order valence-electron chi connectivity index (χ0n) is 5.09. The fourth-order valence-corrected chi connectivity index (χ4v) is 0.616. The van der Waals surface area contributed by atoms with Crippen molar-refractivity contribution in [3.05, 3.63) is 0 Å². The van der Waals surface area contributed by atoms with Crippen molar-refractivity contribution in [2.75, 3.05) is 0 Å². The molecule has 0 bridgehead atoms. The zero-order chi connectivity index (χ0) is 6.73.